The Labute approximate surface area is 129 Å². The Morgan fingerprint density at radius 1 is 1.35 bits per heavy atom. The number of hydrogen-bond donors (Lipinski definition) is 2. The second kappa shape index (κ2) is 6.01. The highest BCUT2D eigenvalue weighted by Crippen LogP contribution is 2.20. The van der Waals surface area contributed by atoms with Crippen molar-refractivity contribution in [3.8, 4) is 0 Å². The quantitative estimate of drug-likeness (QED) is 0.844. The Morgan fingerprint density at radius 3 is 2.83 bits per heavy atom. The summed E-state index contributed by atoms with van der Waals surface area (Å²) in [6.07, 6.45) is -0.298. The van der Waals surface area contributed by atoms with Crippen molar-refractivity contribution in [1.82, 2.24) is 19.7 Å². The SMILES string of the molecule is O=C(c1ncc(F)cc1F)N1CCn2nc([C@H](O)CO)cc2C1. The Hall–Kier alpha value is -2.39. The summed E-state index contributed by atoms with van der Waals surface area (Å²) in [6.45, 7) is 0.342. The van der Waals surface area contributed by atoms with Gasteiger partial charge in [0.25, 0.3) is 5.91 Å². The van der Waals surface area contributed by atoms with Crippen LogP contribution in [-0.4, -0.2) is 48.9 Å². The van der Waals surface area contributed by atoms with Gasteiger partial charge in [-0.3, -0.25) is 9.48 Å². The van der Waals surface area contributed by atoms with Gasteiger partial charge in [0.05, 0.1) is 37.3 Å². The van der Waals surface area contributed by atoms with E-state index in [0.717, 1.165) is 6.20 Å². The standard InChI is InChI=1S/C14H14F2N4O3/c15-8-3-10(16)13(17-5-8)14(23)19-1-2-20-9(6-19)4-11(18-20)12(22)7-21/h3-5,12,21-22H,1-2,6-7H2/t12-/m1/s1. The van der Waals surface area contributed by atoms with Crippen molar-refractivity contribution >= 4 is 5.91 Å². The number of pyridine rings is 1. The summed E-state index contributed by atoms with van der Waals surface area (Å²) in [5.41, 5.74) is 0.521. The van der Waals surface area contributed by atoms with Crippen molar-refractivity contribution in [1.29, 1.82) is 0 Å². The number of aromatic nitrogens is 3. The van der Waals surface area contributed by atoms with E-state index in [1.807, 2.05) is 0 Å². The number of carbonyl (C=O) groups is 1. The molecule has 0 fully saturated rings. The van der Waals surface area contributed by atoms with E-state index in [2.05, 4.69) is 10.1 Å². The molecule has 9 heteroatoms. The van der Waals surface area contributed by atoms with Gasteiger partial charge in [-0.2, -0.15) is 5.10 Å². The topological polar surface area (TPSA) is 91.5 Å². The summed E-state index contributed by atoms with van der Waals surface area (Å²) in [4.78, 5) is 17.2. The lowest BCUT2D eigenvalue weighted by atomic mass is 10.2. The molecular weight excluding hydrogens is 310 g/mol. The molecule has 7 nitrogen and oxygen atoms in total. The van der Waals surface area contributed by atoms with Crippen molar-refractivity contribution in [3.05, 3.63) is 47.0 Å². The van der Waals surface area contributed by atoms with Crippen LogP contribution >= 0.6 is 0 Å². The molecule has 0 unspecified atom stereocenters. The maximum absolute atomic E-state index is 13.7. The fourth-order valence-corrected chi connectivity index (χ4v) is 2.44. The van der Waals surface area contributed by atoms with Crippen LogP contribution in [0.2, 0.25) is 0 Å². The molecule has 0 bridgehead atoms. The predicted octanol–water partition coefficient (Wildman–Crippen LogP) is 0.238. The summed E-state index contributed by atoms with van der Waals surface area (Å²) < 4.78 is 28.2. The lowest BCUT2D eigenvalue weighted by Crippen LogP contribution is -2.39. The van der Waals surface area contributed by atoms with Crippen LogP contribution in [0.25, 0.3) is 0 Å². The lowest BCUT2D eigenvalue weighted by Gasteiger charge is -2.27. The minimum Gasteiger partial charge on any atom is -0.393 e. The minimum absolute atomic E-state index is 0.155. The van der Waals surface area contributed by atoms with E-state index >= 15 is 0 Å². The van der Waals surface area contributed by atoms with Crippen LogP contribution in [-0.2, 0) is 13.1 Å². The molecule has 0 saturated carbocycles. The average molecular weight is 324 g/mol. The molecule has 1 aliphatic rings. The number of aliphatic hydroxyl groups excluding tert-OH is 2. The van der Waals surface area contributed by atoms with Crippen molar-refractivity contribution in [2.45, 2.75) is 19.2 Å². The van der Waals surface area contributed by atoms with Gasteiger partial charge in [0.15, 0.2) is 11.5 Å². The zero-order valence-corrected chi connectivity index (χ0v) is 12.0. The molecule has 0 spiro atoms. The highest BCUT2D eigenvalue weighted by molar-refractivity contribution is 5.92. The molecule has 3 rings (SSSR count). The van der Waals surface area contributed by atoms with Crippen LogP contribution in [0.5, 0.6) is 0 Å². The first-order valence-corrected chi connectivity index (χ1v) is 6.95. The normalized spacial score (nSPS) is 15.4. The predicted molar refractivity (Wildman–Crippen MR) is 73.2 cm³/mol. The molecule has 122 valence electrons. The maximum atomic E-state index is 13.7. The Balaban J connectivity index is 1.81. The number of fused-ring (bicyclic) bond motifs is 1. The number of nitrogens with zero attached hydrogens (tertiary/aromatic N) is 4. The van der Waals surface area contributed by atoms with Gasteiger partial charge in [-0.25, -0.2) is 13.8 Å². The van der Waals surface area contributed by atoms with Gasteiger partial charge in [0, 0.05) is 12.6 Å². The van der Waals surface area contributed by atoms with Gasteiger partial charge in [0.2, 0.25) is 0 Å². The van der Waals surface area contributed by atoms with Crippen LogP contribution in [0, 0.1) is 11.6 Å². The van der Waals surface area contributed by atoms with Crippen molar-refractivity contribution in [3.63, 3.8) is 0 Å². The number of carbonyl (C=O) groups excluding carboxylic acids is 1. The first-order valence-electron chi connectivity index (χ1n) is 6.95. The summed E-state index contributed by atoms with van der Waals surface area (Å²) in [5.74, 6) is -2.50. The third-order valence-corrected chi connectivity index (χ3v) is 3.63. The van der Waals surface area contributed by atoms with Crippen molar-refractivity contribution < 1.29 is 23.8 Å². The first-order chi connectivity index (χ1) is 11.0. The Morgan fingerprint density at radius 2 is 2.13 bits per heavy atom. The molecule has 0 radical (unpaired) electrons. The monoisotopic (exact) mass is 324 g/mol. The number of hydrogen-bond acceptors (Lipinski definition) is 5. The van der Waals surface area contributed by atoms with E-state index < -0.39 is 35.9 Å². The fraction of sp³-hybridized carbons (Fsp3) is 0.357. The number of rotatable bonds is 3. The van der Waals surface area contributed by atoms with Crippen LogP contribution in [0.4, 0.5) is 8.78 Å². The van der Waals surface area contributed by atoms with E-state index in [1.165, 1.54) is 4.90 Å². The Kier molecular flexibility index (Phi) is 4.05. The Bertz CT molecular complexity index is 750. The fourth-order valence-electron chi connectivity index (χ4n) is 2.44. The van der Waals surface area contributed by atoms with E-state index in [4.69, 9.17) is 5.11 Å². The summed E-state index contributed by atoms with van der Waals surface area (Å²) in [7, 11) is 0. The first kappa shape index (κ1) is 15.5. The van der Waals surface area contributed by atoms with E-state index in [1.54, 1.807) is 10.7 Å². The van der Waals surface area contributed by atoms with Crippen LogP contribution in [0.1, 0.15) is 28.0 Å². The molecule has 2 aromatic heterocycles. The van der Waals surface area contributed by atoms with Gasteiger partial charge < -0.3 is 15.1 Å². The van der Waals surface area contributed by atoms with Gasteiger partial charge >= 0.3 is 0 Å². The van der Waals surface area contributed by atoms with Crippen molar-refractivity contribution in [2.24, 2.45) is 0 Å². The van der Waals surface area contributed by atoms with Gasteiger partial charge in [0.1, 0.15) is 11.9 Å². The molecule has 1 atom stereocenters. The lowest BCUT2D eigenvalue weighted by molar-refractivity contribution is 0.0693. The molecular formula is C14H14F2N4O3. The van der Waals surface area contributed by atoms with Gasteiger partial charge in [-0.1, -0.05) is 0 Å². The van der Waals surface area contributed by atoms with Gasteiger partial charge in [-0.15, -0.1) is 0 Å². The molecule has 0 aliphatic carbocycles. The zero-order valence-electron chi connectivity index (χ0n) is 12.0. The molecule has 2 aromatic rings. The molecule has 23 heavy (non-hydrogen) atoms. The molecule has 0 saturated heterocycles. The van der Waals surface area contributed by atoms with E-state index in [0.29, 0.717) is 24.0 Å². The zero-order chi connectivity index (χ0) is 16.6. The summed E-state index contributed by atoms with van der Waals surface area (Å²) in [6, 6.07) is 2.19. The molecule has 1 amide bonds. The molecule has 1 aliphatic heterocycles. The van der Waals surface area contributed by atoms with Crippen LogP contribution in [0.15, 0.2) is 18.3 Å². The van der Waals surface area contributed by atoms with Crippen molar-refractivity contribution in [2.75, 3.05) is 13.2 Å². The average Bonchev–Trinajstić information content (AvgIpc) is 2.96. The second-order valence-corrected chi connectivity index (χ2v) is 5.19. The van der Waals surface area contributed by atoms with Crippen LogP contribution in [0.3, 0.4) is 0 Å². The number of aliphatic hydroxyl groups is 2. The summed E-state index contributed by atoms with van der Waals surface area (Å²) in [5, 5.41) is 22.7. The highest BCUT2D eigenvalue weighted by Gasteiger charge is 2.27. The van der Waals surface area contributed by atoms with Gasteiger partial charge in [-0.05, 0) is 6.07 Å². The highest BCUT2D eigenvalue weighted by atomic mass is 19.1. The van der Waals surface area contributed by atoms with E-state index in [-0.39, 0.29) is 13.1 Å². The van der Waals surface area contributed by atoms with E-state index in [9.17, 15) is 18.7 Å². The maximum Gasteiger partial charge on any atom is 0.275 e. The number of amides is 1. The molecule has 3 heterocycles. The third-order valence-electron chi connectivity index (χ3n) is 3.63. The smallest absolute Gasteiger partial charge is 0.275 e. The third kappa shape index (κ3) is 2.92. The second-order valence-electron chi connectivity index (χ2n) is 5.19. The molecule has 0 aromatic carbocycles. The van der Waals surface area contributed by atoms with Crippen LogP contribution < -0.4 is 0 Å². The number of halogens is 2. The largest absolute Gasteiger partial charge is 0.393 e. The summed E-state index contributed by atoms with van der Waals surface area (Å²) >= 11 is 0. The minimum atomic E-state index is -1.09. The molecule has 2 N–H and O–H groups in total.